The van der Waals surface area contributed by atoms with Gasteiger partial charge in [-0.2, -0.15) is 0 Å². The van der Waals surface area contributed by atoms with E-state index in [1.165, 1.54) is 17.0 Å². The van der Waals surface area contributed by atoms with Crippen molar-refractivity contribution in [1.29, 1.82) is 0 Å². The standard InChI is InChI=1S/C10H15NS/c1-3-8-11-9-6-4-5-7-10(9)12-2/h4-7,11H,3,8H2,1-2H3. The number of hydrogen-bond acceptors (Lipinski definition) is 2. The smallest absolute Gasteiger partial charge is 0.0478 e. The SMILES string of the molecule is CCCNc1ccccc1SC. The maximum absolute atomic E-state index is 3.39. The van der Waals surface area contributed by atoms with Crippen molar-refractivity contribution in [3.05, 3.63) is 24.3 Å². The van der Waals surface area contributed by atoms with Gasteiger partial charge in [0.05, 0.1) is 0 Å². The van der Waals surface area contributed by atoms with Gasteiger partial charge in [-0.25, -0.2) is 0 Å². The third-order valence-corrected chi connectivity index (χ3v) is 2.47. The molecule has 0 spiro atoms. The molecule has 2 heteroatoms. The number of hydrogen-bond donors (Lipinski definition) is 1. The highest BCUT2D eigenvalue weighted by molar-refractivity contribution is 7.98. The van der Waals surface area contributed by atoms with Crippen LogP contribution in [0, 0.1) is 0 Å². The van der Waals surface area contributed by atoms with Crippen molar-refractivity contribution in [2.75, 3.05) is 18.1 Å². The van der Waals surface area contributed by atoms with Gasteiger partial charge >= 0.3 is 0 Å². The predicted molar refractivity (Wildman–Crippen MR) is 57.0 cm³/mol. The molecule has 0 radical (unpaired) electrons. The highest BCUT2D eigenvalue weighted by atomic mass is 32.2. The molecule has 66 valence electrons. The Morgan fingerprint density at radius 3 is 2.75 bits per heavy atom. The van der Waals surface area contributed by atoms with E-state index in [-0.39, 0.29) is 0 Å². The molecule has 0 aliphatic heterocycles. The summed E-state index contributed by atoms with van der Waals surface area (Å²) in [6.07, 6.45) is 3.27. The zero-order chi connectivity index (χ0) is 8.81. The predicted octanol–water partition coefficient (Wildman–Crippen LogP) is 3.23. The largest absolute Gasteiger partial charge is 0.384 e. The zero-order valence-corrected chi connectivity index (χ0v) is 8.45. The Balaban J connectivity index is 2.68. The van der Waals surface area contributed by atoms with Crippen molar-refractivity contribution >= 4 is 17.4 Å². The minimum atomic E-state index is 1.05. The average molecular weight is 181 g/mol. The molecule has 0 saturated carbocycles. The summed E-state index contributed by atoms with van der Waals surface area (Å²) >= 11 is 1.78. The molecule has 0 fully saturated rings. The second-order valence-corrected chi connectivity index (χ2v) is 3.48. The monoisotopic (exact) mass is 181 g/mol. The lowest BCUT2D eigenvalue weighted by molar-refractivity contribution is 0.974. The fourth-order valence-electron chi connectivity index (χ4n) is 1.05. The second-order valence-electron chi connectivity index (χ2n) is 2.63. The molecule has 1 aromatic rings. The molecule has 0 bridgehead atoms. The molecule has 1 nitrogen and oxygen atoms in total. The van der Waals surface area contributed by atoms with Crippen molar-refractivity contribution in [3.63, 3.8) is 0 Å². The summed E-state index contributed by atoms with van der Waals surface area (Å²) < 4.78 is 0. The number of nitrogens with one attached hydrogen (secondary N) is 1. The van der Waals surface area contributed by atoms with Crippen LogP contribution in [0.2, 0.25) is 0 Å². The van der Waals surface area contributed by atoms with E-state index in [2.05, 4.69) is 42.8 Å². The van der Waals surface area contributed by atoms with Crippen molar-refractivity contribution in [2.24, 2.45) is 0 Å². The summed E-state index contributed by atoms with van der Waals surface area (Å²) in [5, 5.41) is 3.39. The van der Waals surface area contributed by atoms with E-state index >= 15 is 0 Å². The summed E-state index contributed by atoms with van der Waals surface area (Å²) in [5.74, 6) is 0. The van der Waals surface area contributed by atoms with E-state index in [9.17, 15) is 0 Å². The number of para-hydroxylation sites is 1. The van der Waals surface area contributed by atoms with E-state index in [1.807, 2.05) is 0 Å². The van der Waals surface area contributed by atoms with Crippen LogP contribution in [0.5, 0.6) is 0 Å². The zero-order valence-electron chi connectivity index (χ0n) is 7.63. The molecule has 0 atom stereocenters. The summed E-state index contributed by atoms with van der Waals surface area (Å²) in [6.45, 7) is 3.23. The molecule has 0 heterocycles. The van der Waals surface area contributed by atoms with Gasteiger partial charge in [0.1, 0.15) is 0 Å². The van der Waals surface area contributed by atoms with Gasteiger partial charge in [0, 0.05) is 17.1 Å². The van der Waals surface area contributed by atoms with Crippen molar-refractivity contribution in [2.45, 2.75) is 18.2 Å². The van der Waals surface area contributed by atoms with Crippen LogP contribution < -0.4 is 5.32 Å². The lowest BCUT2D eigenvalue weighted by Gasteiger charge is -2.08. The molecular weight excluding hydrogens is 166 g/mol. The lowest BCUT2D eigenvalue weighted by atomic mass is 10.3. The molecule has 0 aromatic heterocycles. The van der Waals surface area contributed by atoms with Crippen LogP contribution >= 0.6 is 11.8 Å². The average Bonchev–Trinajstić information content (AvgIpc) is 2.15. The number of anilines is 1. The number of thioether (sulfide) groups is 1. The molecular formula is C10H15NS. The maximum atomic E-state index is 3.39. The Labute approximate surface area is 78.6 Å². The molecule has 0 aliphatic rings. The highest BCUT2D eigenvalue weighted by Gasteiger charge is 1.96. The van der Waals surface area contributed by atoms with Crippen molar-refractivity contribution in [1.82, 2.24) is 0 Å². The third-order valence-electron chi connectivity index (χ3n) is 1.67. The molecule has 0 amide bonds. The number of benzene rings is 1. The van der Waals surface area contributed by atoms with Gasteiger partial charge in [-0.15, -0.1) is 11.8 Å². The van der Waals surface area contributed by atoms with E-state index in [0.717, 1.165) is 6.54 Å². The Hall–Kier alpha value is -0.630. The highest BCUT2D eigenvalue weighted by Crippen LogP contribution is 2.24. The van der Waals surface area contributed by atoms with E-state index < -0.39 is 0 Å². The Bertz CT molecular complexity index is 235. The van der Waals surface area contributed by atoms with Crippen molar-refractivity contribution < 1.29 is 0 Å². The van der Waals surface area contributed by atoms with Crippen LogP contribution in [0.1, 0.15) is 13.3 Å². The van der Waals surface area contributed by atoms with Gasteiger partial charge in [-0.3, -0.25) is 0 Å². The minimum absolute atomic E-state index is 1.05. The fourth-order valence-corrected chi connectivity index (χ4v) is 1.63. The van der Waals surface area contributed by atoms with E-state index in [4.69, 9.17) is 0 Å². The maximum Gasteiger partial charge on any atom is 0.0478 e. The Morgan fingerprint density at radius 1 is 1.33 bits per heavy atom. The van der Waals surface area contributed by atoms with Gasteiger partial charge < -0.3 is 5.32 Å². The first kappa shape index (κ1) is 9.46. The molecule has 0 saturated heterocycles. The molecule has 0 unspecified atom stereocenters. The van der Waals surface area contributed by atoms with Crippen LogP contribution in [0.15, 0.2) is 29.2 Å². The minimum Gasteiger partial charge on any atom is -0.384 e. The van der Waals surface area contributed by atoms with E-state index in [1.54, 1.807) is 11.8 Å². The molecule has 0 aliphatic carbocycles. The van der Waals surface area contributed by atoms with Crippen LogP contribution in [0.3, 0.4) is 0 Å². The number of rotatable bonds is 4. The topological polar surface area (TPSA) is 12.0 Å². The summed E-state index contributed by atoms with van der Waals surface area (Å²) in [5.41, 5.74) is 1.26. The normalized spacial score (nSPS) is 9.83. The quantitative estimate of drug-likeness (QED) is 0.716. The van der Waals surface area contributed by atoms with Gasteiger partial charge in [0.15, 0.2) is 0 Å². The fraction of sp³-hybridized carbons (Fsp3) is 0.400. The van der Waals surface area contributed by atoms with Crippen LogP contribution in [0.4, 0.5) is 5.69 Å². The lowest BCUT2D eigenvalue weighted by Crippen LogP contribution is -2.00. The van der Waals surface area contributed by atoms with Gasteiger partial charge in [-0.1, -0.05) is 19.1 Å². The van der Waals surface area contributed by atoms with Crippen molar-refractivity contribution in [3.8, 4) is 0 Å². The van der Waals surface area contributed by atoms with Gasteiger partial charge in [0.2, 0.25) is 0 Å². The van der Waals surface area contributed by atoms with E-state index in [0.29, 0.717) is 0 Å². The first-order valence-corrected chi connectivity index (χ1v) is 5.48. The Kier molecular flexibility index (Phi) is 4.01. The first-order valence-electron chi connectivity index (χ1n) is 4.25. The van der Waals surface area contributed by atoms with Crippen LogP contribution in [0.25, 0.3) is 0 Å². The van der Waals surface area contributed by atoms with Crippen LogP contribution in [-0.4, -0.2) is 12.8 Å². The second kappa shape index (κ2) is 5.09. The molecule has 12 heavy (non-hydrogen) atoms. The summed E-state index contributed by atoms with van der Waals surface area (Å²) in [6, 6.07) is 8.41. The molecule has 1 rings (SSSR count). The van der Waals surface area contributed by atoms with Gasteiger partial charge in [-0.05, 0) is 24.8 Å². The molecule has 1 aromatic carbocycles. The van der Waals surface area contributed by atoms with Crippen LogP contribution in [-0.2, 0) is 0 Å². The Morgan fingerprint density at radius 2 is 2.08 bits per heavy atom. The van der Waals surface area contributed by atoms with Gasteiger partial charge in [0.25, 0.3) is 0 Å². The first-order chi connectivity index (χ1) is 5.88. The summed E-state index contributed by atoms with van der Waals surface area (Å²) in [7, 11) is 0. The summed E-state index contributed by atoms with van der Waals surface area (Å²) in [4.78, 5) is 1.32. The third kappa shape index (κ3) is 2.45. The molecule has 1 N–H and O–H groups in total.